The summed E-state index contributed by atoms with van der Waals surface area (Å²) in [7, 11) is 0. The molecule has 1 aromatic heterocycles. The summed E-state index contributed by atoms with van der Waals surface area (Å²) in [5.74, 6) is 1.77. The van der Waals surface area contributed by atoms with Gasteiger partial charge in [0.15, 0.2) is 0 Å². The van der Waals surface area contributed by atoms with Crippen LogP contribution in [0.3, 0.4) is 0 Å². The molecule has 23 heavy (non-hydrogen) atoms. The third kappa shape index (κ3) is 3.88. The van der Waals surface area contributed by atoms with Crippen LogP contribution in [0.4, 0.5) is 5.69 Å². The molecule has 2 nitrogen and oxygen atoms in total. The molecule has 0 amide bonds. The SMILES string of the molecule is Cc1ccc(NCc2ccc(-c3ccc(Br)cc3Br)o2)cc1C. The summed E-state index contributed by atoms with van der Waals surface area (Å²) in [6.07, 6.45) is 0. The lowest BCUT2D eigenvalue weighted by Crippen LogP contribution is -1.98. The second kappa shape index (κ2) is 6.93. The summed E-state index contributed by atoms with van der Waals surface area (Å²) < 4.78 is 8.01. The van der Waals surface area contributed by atoms with Crippen molar-refractivity contribution in [1.29, 1.82) is 0 Å². The Morgan fingerprint density at radius 3 is 2.48 bits per heavy atom. The van der Waals surface area contributed by atoms with Gasteiger partial charge in [-0.25, -0.2) is 0 Å². The van der Waals surface area contributed by atoms with Crippen LogP contribution in [0, 0.1) is 13.8 Å². The van der Waals surface area contributed by atoms with Gasteiger partial charge in [-0.15, -0.1) is 0 Å². The van der Waals surface area contributed by atoms with Gasteiger partial charge in [0, 0.05) is 20.2 Å². The van der Waals surface area contributed by atoms with Gasteiger partial charge in [0.05, 0.1) is 6.54 Å². The fourth-order valence-corrected chi connectivity index (χ4v) is 3.59. The first kappa shape index (κ1) is 16.3. The van der Waals surface area contributed by atoms with E-state index in [9.17, 15) is 0 Å². The molecule has 0 spiro atoms. The number of nitrogens with one attached hydrogen (secondary N) is 1. The van der Waals surface area contributed by atoms with Crippen molar-refractivity contribution < 1.29 is 4.42 Å². The van der Waals surface area contributed by atoms with Crippen LogP contribution in [0.15, 0.2) is 61.9 Å². The highest BCUT2D eigenvalue weighted by Gasteiger charge is 2.09. The molecule has 0 aliphatic rings. The number of aryl methyl sites for hydroxylation is 2. The van der Waals surface area contributed by atoms with Gasteiger partial charge in [-0.3, -0.25) is 0 Å². The molecule has 0 atom stereocenters. The molecule has 0 unspecified atom stereocenters. The summed E-state index contributed by atoms with van der Waals surface area (Å²) in [5, 5.41) is 3.40. The third-order valence-corrected chi connectivity index (χ3v) is 4.98. The summed E-state index contributed by atoms with van der Waals surface area (Å²) in [5.41, 5.74) is 4.74. The Morgan fingerprint density at radius 1 is 0.913 bits per heavy atom. The lowest BCUT2D eigenvalue weighted by molar-refractivity contribution is 0.531. The monoisotopic (exact) mass is 433 g/mol. The van der Waals surface area contributed by atoms with Gasteiger partial charge in [-0.2, -0.15) is 0 Å². The molecule has 0 saturated heterocycles. The van der Waals surface area contributed by atoms with Crippen LogP contribution in [-0.2, 0) is 6.54 Å². The standard InChI is InChI=1S/C19H17Br2NO/c1-12-3-5-15(9-13(12)2)22-11-16-6-8-19(23-16)17-7-4-14(20)10-18(17)21/h3-10,22H,11H2,1-2H3. The van der Waals surface area contributed by atoms with Gasteiger partial charge in [-0.1, -0.05) is 22.0 Å². The second-order valence-corrected chi connectivity index (χ2v) is 7.31. The Kier molecular flexibility index (Phi) is 4.93. The summed E-state index contributed by atoms with van der Waals surface area (Å²) in [6.45, 7) is 4.90. The molecule has 1 N–H and O–H groups in total. The van der Waals surface area contributed by atoms with Crippen LogP contribution in [0.25, 0.3) is 11.3 Å². The van der Waals surface area contributed by atoms with E-state index in [1.807, 2.05) is 30.3 Å². The van der Waals surface area contributed by atoms with Crippen LogP contribution >= 0.6 is 31.9 Å². The summed E-state index contributed by atoms with van der Waals surface area (Å²) >= 11 is 7.04. The van der Waals surface area contributed by atoms with Crippen LogP contribution in [-0.4, -0.2) is 0 Å². The van der Waals surface area contributed by atoms with Crippen molar-refractivity contribution >= 4 is 37.5 Å². The van der Waals surface area contributed by atoms with Crippen LogP contribution < -0.4 is 5.32 Å². The fourth-order valence-electron chi connectivity index (χ4n) is 2.35. The minimum Gasteiger partial charge on any atom is -0.459 e. The molecule has 118 valence electrons. The molecule has 4 heteroatoms. The first-order chi connectivity index (χ1) is 11.0. The average molecular weight is 435 g/mol. The summed E-state index contributed by atoms with van der Waals surface area (Å²) in [4.78, 5) is 0. The van der Waals surface area contributed by atoms with Crippen molar-refractivity contribution in [2.75, 3.05) is 5.32 Å². The van der Waals surface area contributed by atoms with Gasteiger partial charge in [0.2, 0.25) is 0 Å². The topological polar surface area (TPSA) is 25.2 Å². The van der Waals surface area contributed by atoms with Crippen molar-refractivity contribution in [2.24, 2.45) is 0 Å². The Labute approximate surface area is 153 Å². The van der Waals surface area contributed by atoms with Gasteiger partial charge in [0.1, 0.15) is 11.5 Å². The first-order valence-corrected chi connectivity index (χ1v) is 8.97. The molecular formula is C19H17Br2NO. The predicted molar refractivity (Wildman–Crippen MR) is 103 cm³/mol. The molecule has 0 bridgehead atoms. The third-order valence-electron chi connectivity index (χ3n) is 3.83. The highest BCUT2D eigenvalue weighted by molar-refractivity contribution is 9.11. The molecule has 3 aromatic rings. The van der Waals surface area contributed by atoms with E-state index >= 15 is 0 Å². The fraction of sp³-hybridized carbons (Fsp3) is 0.158. The Bertz CT molecular complexity index is 839. The van der Waals surface area contributed by atoms with Crippen molar-refractivity contribution in [3.63, 3.8) is 0 Å². The minimum absolute atomic E-state index is 0.663. The minimum atomic E-state index is 0.663. The predicted octanol–water partition coefficient (Wildman–Crippen LogP) is 6.70. The van der Waals surface area contributed by atoms with Crippen LogP contribution in [0.1, 0.15) is 16.9 Å². The van der Waals surface area contributed by atoms with E-state index in [1.165, 1.54) is 11.1 Å². The zero-order valence-corrected chi connectivity index (χ0v) is 16.2. The molecule has 3 rings (SSSR count). The molecule has 0 saturated carbocycles. The second-order valence-electron chi connectivity index (χ2n) is 5.54. The number of halogens is 2. The van der Waals surface area contributed by atoms with Crippen molar-refractivity contribution in [1.82, 2.24) is 0 Å². The van der Waals surface area contributed by atoms with Gasteiger partial charge < -0.3 is 9.73 Å². The molecule has 0 fully saturated rings. The number of rotatable bonds is 4. The smallest absolute Gasteiger partial charge is 0.135 e. The van der Waals surface area contributed by atoms with Crippen LogP contribution in [0.5, 0.6) is 0 Å². The normalized spacial score (nSPS) is 10.8. The van der Waals surface area contributed by atoms with E-state index in [4.69, 9.17) is 4.42 Å². The van der Waals surface area contributed by atoms with Crippen molar-refractivity contribution in [3.05, 3.63) is 74.4 Å². The molecule has 2 aromatic carbocycles. The van der Waals surface area contributed by atoms with Gasteiger partial charge in [0.25, 0.3) is 0 Å². The van der Waals surface area contributed by atoms with Gasteiger partial charge in [-0.05, 0) is 83.4 Å². The number of hydrogen-bond donors (Lipinski definition) is 1. The van der Waals surface area contributed by atoms with E-state index in [1.54, 1.807) is 0 Å². The van der Waals surface area contributed by atoms with Crippen LogP contribution in [0.2, 0.25) is 0 Å². The number of benzene rings is 2. The first-order valence-electron chi connectivity index (χ1n) is 7.38. The van der Waals surface area contributed by atoms with E-state index in [-0.39, 0.29) is 0 Å². The van der Waals surface area contributed by atoms with Gasteiger partial charge >= 0.3 is 0 Å². The Balaban J connectivity index is 1.73. The number of anilines is 1. The summed E-state index contributed by atoms with van der Waals surface area (Å²) in [6, 6.07) is 16.5. The molecular weight excluding hydrogens is 418 g/mol. The molecule has 1 heterocycles. The maximum absolute atomic E-state index is 5.96. The highest BCUT2D eigenvalue weighted by Crippen LogP contribution is 2.32. The van der Waals surface area contributed by atoms with E-state index < -0.39 is 0 Å². The largest absolute Gasteiger partial charge is 0.459 e. The maximum Gasteiger partial charge on any atom is 0.135 e. The lowest BCUT2D eigenvalue weighted by atomic mass is 10.1. The van der Waals surface area contributed by atoms with E-state index in [0.29, 0.717) is 6.54 Å². The lowest BCUT2D eigenvalue weighted by Gasteiger charge is -2.07. The Hall–Kier alpha value is -1.52. The zero-order valence-electron chi connectivity index (χ0n) is 13.0. The quantitative estimate of drug-likeness (QED) is 0.494. The molecule has 0 aliphatic carbocycles. The zero-order chi connectivity index (χ0) is 16.4. The Morgan fingerprint density at radius 2 is 1.74 bits per heavy atom. The number of hydrogen-bond acceptors (Lipinski definition) is 2. The molecule has 0 aliphatic heterocycles. The average Bonchev–Trinajstić information content (AvgIpc) is 2.97. The maximum atomic E-state index is 5.96. The van der Waals surface area contributed by atoms with E-state index in [2.05, 4.69) is 69.2 Å². The van der Waals surface area contributed by atoms with E-state index in [0.717, 1.165) is 31.7 Å². The highest BCUT2D eigenvalue weighted by atomic mass is 79.9. The molecule has 0 radical (unpaired) electrons. The number of furan rings is 1. The van der Waals surface area contributed by atoms with Crippen molar-refractivity contribution in [2.45, 2.75) is 20.4 Å². The van der Waals surface area contributed by atoms with Crippen molar-refractivity contribution in [3.8, 4) is 11.3 Å².